The zero-order valence-corrected chi connectivity index (χ0v) is 13.2. The maximum atomic E-state index is 7.84. The number of hydrogen-bond donors (Lipinski definition) is 2. The fourth-order valence-electron chi connectivity index (χ4n) is 2.23. The molecular weight excluding hydrogens is 280 g/mol. The molecule has 5 heteroatoms. The molecule has 0 fully saturated rings. The van der Waals surface area contributed by atoms with Crippen LogP contribution in [0.15, 0.2) is 47.5 Å². The number of nitrogens with two attached hydrogens (primary N) is 1. The summed E-state index contributed by atoms with van der Waals surface area (Å²) in [5.74, 6) is 0.111. The maximum Gasteiger partial charge on any atom is 0.126 e. The van der Waals surface area contributed by atoms with Gasteiger partial charge >= 0.3 is 0 Å². The van der Waals surface area contributed by atoms with Crippen LogP contribution in [0.2, 0.25) is 0 Å². The molecule has 0 saturated heterocycles. The number of benzene rings is 1. The molecule has 0 spiro atoms. The van der Waals surface area contributed by atoms with Crippen molar-refractivity contribution in [2.24, 2.45) is 5.73 Å². The maximum absolute atomic E-state index is 7.84. The van der Waals surface area contributed by atoms with E-state index >= 15 is 0 Å². The van der Waals surface area contributed by atoms with Crippen molar-refractivity contribution in [1.29, 1.82) is 5.41 Å². The monoisotopic (exact) mass is 300 g/mol. The van der Waals surface area contributed by atoms with E-state index < -0.39 is 0 Å². The molecule has 0 bridgehead atoms. The van der Waals surface area contributed by atoms with Crippen molar-refractivity contribution in [3.63, 3.8) is 0 Å². The summed E-state index contributed by atoms with van der Waals surface area (Å²) in [5, 5.41) is 7.84. The van der Waals surface area contributed by atoms with Gasteiger partial charge in [-0.15, -0.1) is 11.8 Å². The molecule has 0 atom stereocenters. The molecule has 0 unspecified atom stereocenters. The summed E-state index contributed by atoms with van der Waals surface area (Å²) in [7, 11) is 2.02. The molecule has 3 N–H and O–H groups in total. The predicted octanol–water partition coefficient (Wildman–Crippen LogP) is 2.77. The van der Waals surface area contributed by atoms with E-state index in [1.54, 1.807) is 11.8 Å². The summed E-state index contributed by atoms with van der Waals surface area (Å²) in [6.07, 6.45) is 4.67. The van der Waals surface area contributed by atoms with Crippen LogP contribution >= 0.6 is 11.8 Å². The second-order valence-electron chi connectivity index (χ2n) is 4.76. The summed E-state index contributed by atoms with van der Waals surface area (Å²) >= 11 is 1.61. The van der Waals surface area contributed by atoms with Gasteiger partial charge < -0.3 is 10.6 Å². The summed E-state index contributed by atoms with van der Waals surface area (Å²) < 4.78 is 0. The number of hydrogen-bond acceptors (Lipinski definition) is 4. The minimum Gasteiger partial charge on any atom is -0.384 e. The van der Waals surface area contributed by atoms with Gasteiger partial charge in [0.2, 0.25) is 0 Å². The lowest BCUT2D eigenvalue weighted by Gasteiger charge is -2.23. The number of nitrogens with zero attached hydrogens (tertiary/aromatic N) is 2. The molecule has 0 radical (unpaired) electrons. The van der Waals surface area contributed by atoms with Crippen molar-refractivity contribution in [2.75, 3.05) is 24.7 Å². The molecular formula is C16H20N4S. The Balaban J connectivity index is 2.19. The van der Waals surface area contributed by atoms with Gasteiger partial charge in [0.1, 0.15) is 5.84 Å². The molecule has 2 aromatic rings. The third kappa shape index (κ3) is 3.76. The minimum absolute atomic E-state index is 0.111. The molecule has 0 aliphatic heterocycles. The standard InChI is InChI=1S/C16H20N4S/c1-20(11-9-12-6-3-4-10-19-12)13-7-5-8-14(21-2)15(13)16(17)18/h3-8,10H,9,11H2,1-2H3,(H3,17,18). The molecule has 0 aliphatic rings. The Morgan fingerprint density at radius 3 is 2.71 bits per heavy atom. The number of thioether (sulfide) groups is 1. The number of aromatic nitrogens is 1. The van der Waals surface area contributed by atoms with Crippen molar-refractivity contribution < 1.29 is 0 Å². The van der Waals surface area contributed by atoms with E-state index in [4.69, 9.17) is 11.1 Å². The lowest BCUT2D eigenvalue weighted by molar-refractivity contribution is 0.850. The lowest BCUT2D eigenvalue weighted by atomic mass is 10.1. The van der Waals surface area contributed by atoms with Gasteiger partial charge in [0, 0.05) is 42.5 Å². The molecule has 110 valence electrons. The molecule has 0 aliphatic carbocycles. The van der Waals surface area contributed by atoms with Gasteiger partial charge in [-0.25, -0.2) is 0 Å². The normalized spacial score (nSPS) is 10.4. The average Bonchev–Trinajstić information content (AvgIpc) is 2.52. The van der Waals surface area contributed by atoms with Gasteiger partial charge in [-0.05, 0) is 30.5 Å². The Morgan fingerprint density at radius 1 is 1.29 bits per heavy atom. The Kier molecular flexibility index (Phi) is 5.22. The van der Waals surface area contributed by atoms with Crippen LogP contribution in [-0.4, -0.2) is 30.7 Å². The van der Waals surface area contributed by atoms with Crippen LogP contribution in [0.25, 0.3) is 0 Å². The molecule has 1 heterocycles. The van der Waals surface area contributed by atoms with Crippen molar-refractivity contribution in [3.05, 3.63) is 53.9 Å². The van der Waals surface area contributed by atoms with Gasteiger partial charge in [0.15, 0.2) is 0 Å². The topological polar surface area (TPSA) is 66.0 Å². The first-order valence-corrected chi connectivity index (χ1v) is 7.98. The van der Waals surface area contributed by atoms with Crippen molar-refractivity contribution >= 4 is 23.3 Å². The Labute approximate surface area is 129 Å². The second-order valence-corrected chi connectivity index (χ2v) is 5.61. The Morgan fingerprint density at radius 2 is 2.10 bits per heavy atom. The fourth-order valence-corrected chi connectivity index (χ4v) is 2.86. The number of nitrogens with one attached hydrogen (secondary N) is 1. The van der Waals surface area contributed by atoms with Crippen LogP contribution in [0.3, 0.4) is 0 Å². The largest absolute Gasteiger partial charge is 0.384 e. The van der Waals surface area contributed by atoms with E-state index in [2.05, 4.69) is 9.88 Å². The fraction of sp³-hybridized carbons (Fsp3) is 0.250. The molecule has 21 heavy (non-hydrogen) atoms. The summed E-state index contributed by atoms with van der Waals surface area (Å²) in [5.41, 5.74) is 8.64. The predicted molar refractivity (Wildman–Crippen MR) is 90.5 cm³/mol. The number of pyridine rings is 1. The van der Waals surface area contributed by atoms with Gasteiger partial charge in [-0.3, -0.25) is 10.4 Å². The molecule has 0 amide bonds. The van der Waals surface area contributed by atoms with Crippen LogP contribution < -0.4 is 10.6 Å². The number of rotatable bonds is 6. The highest BCUT2D eigenvalue weighted by Gasteiger charge is 2.14. The third-order valence-electron chi connectivity index (χ3n) is 3.33. The van der Waals surface area contributed by atoms with Gasteiger partial charge in [0.05, 0.1) is 5.56 Å². The second kappa shape index (κ2) is 7.13. The van der Waals surface area contributed by atoms with E-state index in [0.717, 1.165) is 34.8 Å². The highest BCUT2D eigenvalue weighted by Crippen LogP contribution is 2.28. The third-order valence-corrected chi connectivity index (χ3v) is 4.11. The summed E-state index contributed by atoms with van der Waals surface area (Å²) in [4.78, 5) is 7.50. The van der Waals surface area contributed by atoms with E-state index in [9.17, 15) is 0 Å². The van der Waals surface area contributed by atoms with Crippen LogP contribution in [0.5, 0.6) is 0 Å². The SMILES string of the molecule is CSc1cccc(N(C)CCc2ccccn2)c1C(=N)N. The zero-order valence-electron chi connectivity index (χ0n) is 12.3. The summed E-state index contributed by atoms with van der Waals surface area (Å²) in [6.45, 7) is 0.828. The average molecular weight is 300 g/mol. The molecule has 4 nitrogen and oxygen atoms in total. The first kappa shape index (κ1) is 15.4. The Bertz CT molecular complexity index is 613. The Hall–Kier alpha value is -2.01. The first-order valence-electron chi connectivity index (χ1n) is 6.76. The summed E-state index contributed by atoms with van der Waals surface area (Å²) in [6, 6.07) is 12.0. The van der Waals surface area contributed by atoms with E-state index in [1.807, 2.05) is 55.9 Å². The van der Waals surface area contributed by atoms with Crippen molar-refractivity contribution in [1.82, 2.24) is 4.98 Å². The van der Waals surface area contributed by atoms with E-state index in [-0.39, 0.29) is 5.84 Å². The van der Waals surface area contributed by atoms with Gasteiger partial charge in [-0.1, -0.05) is 12.1 Å². The van der Waals surface area contributed by atoms with Crippen LogP contribution in [-0.2, 0) is 6.42 Å². The molecule has 2 rings (SSSR count). The minimum atomic E-state index is 0.111. The first-order chi connectivity index (χ1) is 10.1. The van der Waals surface area contributed by atoms with Crippen molar-refractivity contribution in [2.45, 2.75) is 11.3 Å². The van der Waals surface area contributed by atoms with Gasteiger partial charge in [0.25, 0.3) is 0 Å². The number of nitrogen functional groups attached to an aromatic ring is 1. The van der Waals surface area contributed by atoms with E-state index in [1.165, 1.54) is 0 Å². The van der Waals surface area contributed by atoms with Gasteiger partial charge in [-0.2, -0.15) is 0 Å². The van der Waals surface area contributed by atoms with Crippen LogP contribution in [0.4, 0.5) is 5.69 Å². The quantitative estimate of drug-likeness (QED) is 0.489. The molecule has 0 saturated carbocycles. The zero-order chi connectivity index (χ0) is 15.2. The molecule has 1 aromatic carbocycles. The van der Waals surface area contributed by atoms with Crippen LogP contribution in [0, 0.1) is 5.41 Å². The lowest BCUT2D eigenvalue weighted by Crippen LogP contribution is -2.25. The molecule has 1 aromatic heterocycles. The van der Waals surface area contributed by atoms with E-state index in [0.29, 0.717) is 0 Å². The highest BCUT2D eigenvalue weighted by molar-refractivity contribution is 7.98. The van der Waals surface area contributed by atoms with Crippen LogP contribution in [0.1, 0.15) is 11.3 Å². The number of amidine groups is 1. The highest BCUT2D eigenvalue weighted by atomic mass is 32.2. The smallest absolute Gasteiger partial charge is 0.126 e. The number of anilines is 1. The number of likely N-dealkylation sites (N-methyl/N-ethyl adjacent to an activating group) is 1. The van der Waals surface area contributed by atoms with Crippen molar-refractivity contribution in [3.8, 4) is 0 Å².